The SMILES string of the molecule is CCOc1cccc(/C(O)=C2\C(=O)C(=O)N(c3cccc(NC(C)=O)c3)C2c2ccc(CC)cc2)c1. The third-order valence-corrected chi connectivity index (χ3v) is 6.01. The van der Waals surface area contributed by atoms with Crippen LogP contribution in [-0.4, -0.2) is 29.3 Å². The van der Waals surface area contributed by atoms with Crippen LogP contribution in [0, 0.1) is 0 Å². The van der Waals surface area contributed by atoms with Crippen LogP contribution in [0.2, 0.25) is 0 Å². The highest BCUT2D eigenvalue weighted by Crippen LogP contribution is 2.43. The van der Waals surface area contributed by atoms with E-state index in [1.165, 1.54) is 11.8 Å². The summed E-state index contributed by atoms with van der Waals surface area (Å²) in [7, 11) is 0. The zero-order chi connectivity index (χ0) is 25.8. The first-order valence-corrected chi connectivity index (χ1v) is 11.8. The number of benzene rings is 3. The van der Waals surface area contributed by atoms with E-state index in [0.717, 1.165) is 12.0 Å². The lowest BCUT2D eigenvalue weighted by molar-refractivity contribution is -0.132. The number of carbonyl (C=O) groups excluding carboxylic acids is 3. The molecular formula is C29H28N2O5. The summed E-state index contributed by atoms with van der Waals surface area (Å²) in [5, 5.41) is 14.0. The zero-order valence-corrected chi connectivity index (χ0v) is 20.4. The summed E-state index contributed by atoms with van der Waals surface area (Å²) in [6.07, 6.45) is 0.837. The van der Waals surface area contributed by atoms with E-state index >= 15 is 0 Å². The van der Waals surface area contributed by atoms with E-state index in [9.17, 15) is 19.5 Å². The van der Waals surface area contributed by atoms with Gasteiger partial charge in [0.1, 0.15) is 11.5 Å². The van der Waals surface area contributed by atoms with Gasteiger partial charge in [-0.25, -0.2) is 0 Å². The van der Waals surface area contributed by atoms with Gasteiger partial charge in [0.25, 0.3) is 11.7 Å². The summed E-state index contributed by atoms with van der Waals surface area (Å²) in [6.45, 7) is 5.74. The molecular weight excluding hydrogens is 456 g/mol. The topological polar surface area (TPSA) is 95.9 Å². The molecule has 0 bridgehead atoms. The Hall–Kier alpha value is -4.39. The van der Waals surface area contributed by atoms with Gasteiger partial charge in [-0.2, -0.15) is 0 Å². The number of rotatable bonds is 7. The molecule has 1 atom stereocenters. The number of amides is 2. The normalized spacial score (nSPS) is 16.8. The number of Topliss-reactive ketones (excluding diaryl/α,β-unsaturated/α-hetero) is 1. The van der Waals surface area contributed by atoms with Crippen molar-refractivity contribution in [2.45, 2.75) is 33.2 Å². The molecule has 3 aromatic rings. The fourth-order valence-electron chi connectivity index (χ4n) is 4.34. The van der Waals surface area contributed by atoms with Crippen molar-refractivity contribution < 1.29 is 24.2 Å². The first-order valence-electron chi connectivity index (χ1n) is 11.8. The van der Waals surface area contributed by atoms with Crippen molar-refractivity contribution >= 4 is 34.7 Å². The number of carbonyl (C=O) groups is 3. The molecule has 1 aliphatic heterocycles. The molecule has 1 unspecified atom stereocenters. The van der Waals surface area contributed by atoms with Gasteiger partial charge in [-0.3, -0.25) is 19.3 Å². The lowest BCUT2D eigenvalue weighted by Gasteiger charge is -2.26. The maximum atomic E-state index is 13.4. The minimum Gasteiger partial charge on any atom is -0.507 e. The van der Waals surface area contributed by atoms with Crippen molar-refractivity contribution in [2.75, 3.05) is 16.8 Å². The molecule has 0 aromatic heterocycles. The molecule has 4 rings (SSSR count). The molecule has 0 spiro atoms. The number of nitrogens with zero attached hydrogens (tertiary/aromatic N) is 1. The van der Waals surface area contributed by atoms with Crippen molar-refractivity contribution in [1.82, 2.24) is 0 Å². The summed E-state index contributed by atoms with van der Waals surface area (Å²) in [5.41, 5.74) is 3.07. The molecule has 1 aliphatic rings. The van der Waals surface area contributed by atoms with Crippen LogP contribution in [0.4, 0.5) is 11.4 Å². The Balaban J connectivity index is 1.90. The molecule has 3 aromatic carbocycles. The molecule has 0 aliphatic carbocycles. The lowest BCUT2D eigenvalue weighted by atomic mass is 9.94. The first-order chi connectivity index (χ1) is 17.3. The standard InChI is InChI=1S/C29H28N2O5/c1-4-19-12-14-20(15-13-19)26-25(27(33)21-8-6-11-24(16-21)36-5-2)28(34)29(35)31(26)23-10-7-9-22(17-23)30-18(3)32/h6-17,26,33H,4-5H2,1-3H3,(H,30,32)/b27-25+. The summed E-state index contributed by atoms with van der Waals surface area (Å²) in [5.74, 6) is -1.54. The predicted molar refractivity (Wildman–Crippen MR) is 139 cm³/mol. The molecule has 0 saturated carbocycles. The van der Waals surface area contributed by atoms with Gasteiger partial charge in [0.15, 0.2) is 0 Å². The van der Waals surface area contributed by atoms with Crippen LogP contribution in [0.15, 0.2) is 78.4 Å². The van der Waals surface area contributed by atoms with E-state index < -0.39 is 17.7 Å². The maximum Gasteiger partial charge on any atom is 0.300 e. The van der Waals surface area contributed by atoms with Crippen LogP contribution in [0.3, 0.4) is 0 Å². The minimum absolute atomic E-state index is 0.0113. The molecule has 0 radical (unpaired) electrons. The van der Waals surface area contributed by atoms with E-state index in [1.807, 2.05) is 38.1 Å². The molecule has 1 heterocycles. The third-order valence-electron chi connectivity index (χ3n) is 6.01. The Labute approximate surface area is 210 Å². The number of ether oxygens (including phenoxy) is 1. The largest absolute Gasteiger partial charge is 0.507 e. The summed E-state index contributed by atoms with van der Waals surface area (Å²) in [6, 6.07) is 20.3. The number of ketones is 1. The van der Waals surface area contributed by atoms with Gasteiger partial charge in [-0.05, 0) is 54.8 Å². The molecule has 7 heteroatoms. The third kappa shape index (κ3) is 4.86. The maximum absolute atomic E-state index is 13.4. The summed E-state index contributed by atoms with van der Waals surface area (Å²) in [4.78, 5) is 39.7. The lowest BCUT2D eigenvalue weighted by Crippen LogP contribution is -2.29. The number of hydrogen-bond donors (Lipinski definition) is 2. The van der Waals surface area contributed by atoms with Gasteiger partial charge in [0.2, 0.25) is 5.91 Å². The van der Waals surface area contributed by atoms with Crippen LogP contribution < -0.4 is 15.0 Å². The Morgan fingerprint density at radius 3 is 2.39 bits per heavy atom. The highest BCUT2D eigenvalue weighted by Gasteiger charge is 2.47. The van der Waals surface area contributed by atoms with Crippen LogP contribution in [0.25, 0.3) is 5.76 Å². The smallest absolute Gasteiger partial charge is 0.300 e. The predicted octanol–water partition coefficient (Wildman–Crippen LogP) is 5.23. The van der Waals surface area contributed by atoms with Crippen LogP contribution in [0.5, 0.6) is 5.75 Å². The van der Waals surface area contributed by atoms with E-state index in [-0.39, 0.29) is 17.2 Å². The second-order valence-corrected chi connectivity index (χ2v) is 8.46. The van der Waals surface area contributed by atoms with E-state index in [4.69, 9.17) is 4.74 Å². The van der Waals surface area contributed by atoms with E-state index in [2.05, 4.69) is 5.32 Å². The fourth-order valence-corrected chi connectivity index (χ4v) is 4.34. The molecule has 7 nitrogen and oxygen atoms in total. The average Bonchev–Trinajstić information content (AvgIpc) is 3.14. The highest BCUT2D eigenvalue weighted by atomic mass is 16.5. The number of aliphatic hydroxyl groups is 1. The van der Waals surface area contributed by atoms with Crippen molar-refractivity contribution in [3.8, 4) is 5.75 Å². The van der Waals surface area contributed by atoms with Gasteiger partial charge in [0.05, 0.1) is 18.2 Å². The van der Waals surface area contributed by atoms with Crippen LogP contribution >= 0.6 is 0 Å². The first kappa shape index (κ1) is 24.7. The minimum atomic E-state index is -0.862. The Morgan fingerprint density at radius 2 is 1.72 bits per heavy atom. The second kappa shape index (κ2) is 10.5. The van der Waals surface area contributed by atoms with Crippen molar-refractivity contribution in [2.24, 2.45) is 0 Å². The second-order valence-electron chi connectivity index (χ2n) is 8.46. The van der Waals surface area contributed by atoms with Crippen LogP contribution in [-0.2, 0) is 20.8 Å². The Morgan fingerprint density at radius 1 is 1.00 bits per heavy atom. The highest BCUT2D eigenvalue weighted by molar-refractivity contribution is 6.51. The van der Waals surface area contributed by atoms with Crippen LogP contribution in [0.1, 0.15) is 43.5 Å². The van der Waals surface area contributed by atoms with Gasteiger partial charge in [0, 0.05) is 23.9 Å². The van der Waals surface area contributed by atoms with E-state index in [1.54, 1.807) is 48.5 Å². The fraction of sp³-hybridized carbons (Fsp3) is 0.207. The molecule has 2 N–H and O–H groups in total. The number of nitrogens with one attached hydrogen (secondary N) is 1. The zero-order valence-electron chi connectivity index (χ0n) is 20.4. The van der Waals surface area contributed by atoms with Crippen molar-refractivity contribution in [3.05, 3.63) is 95.1 Å². The Bertz CT molecular complexity index is 1340. The molecule has 1 saturated heterocycles. The number of aliphatic hydroxyl groups excluding tert-OH is 1. The Kier molecular flexibility index (Phi) is 7.20. The van der Waals surface area contributed by atoms with Gasteiger partial charge in [-0.15, -0.1) is 0 Å². The molecule has 1 fully saturated rings. The number of aryl methyl sites for hydroxylation is 1. The monoisotopic (exact) mass is 484 g/mol. The average molecular weight is 485 g/mol. The number of hydrogen-bond acceptors (Lipinski definition) is 5. The molecule has 2 amide bonds. The van der Waals surface area contributed by atoms with Gasteiger partial charge < -0.3 is 15.2 Å². The summed E-state index contributed by atoms with van der Waals surface area (Å²) >= 11 is 0. The van der Waals surface area contributed by atoms with E-state index in [0.29, 0.717) is 34.9 Å². The molecule has 184 valence electrons. The molecule has 36 heavy (non-hydrogen) atoms. The van der Waals surface area contributed by atoms with Gasteiger partial charge in [-0.1, -0.05) is 49.4 Å². The van der Waals surface area contributed by atoms with Gasteiger partial charge >= 0.3 is 0 Å². The van der Waals surface area contributed by atoms with Crippen molar-refractivity contribution in [1.29, 1.82) is 0 Å². The summed E-state index contributed by atoms with van der Waals surface area (Å²) < 4.78 is 5.55. The quantitative estimate of drug-likeness (QED) is 0.272. The van der Waals surface area contributed by atoms with Crippen molar-refractivity contribution in [3.63, 3.8) is 0 Å². The number of anilines is 2.